The largest absolute Gasteiger partial charge is 0.0622 e. The monoisotopic (exact) mass is 744 g/mol. The van der Waals surface area contributed by atoms with Gasteiger partial charge in [-0.15, -0.1) is 0 Å². The molecule has 0 aromatic heterocycles. The van der Waals surface area contributed by atoms with Crippen molar-refractivity contribution in [2.45, 2.75) is 62.3 Å². The second-order valence-electron chi connectivity index (χ2n) is 14.8. The van der Waals surface area contributed by atoms with E-state index in [0.29, 0.717) is 0 Å². The van der Waals surface area contributed by atoms with E-state index in [4.69, 9.17) is 0 Å². The maximum Gasteiger partial charge on any atom is -0.0155 e. The third kappa shape index (κ3) is 15.1. The van der Waals surface area contributed by atoms with E-state index in [2.05, 4.69) is 244 Å². The number of aryl methyl sites for hydroxylation is 8. The van der Waals surface area contributed by atoms with E-state index >= 15 is 0 Å². The van der Waals surface area contributed by atoms with Gasteiger partial charge in [0.1, 0.15) is 0 Å². The van der Waals surface area contributed by atoms with Crippen molar-refractivity contribution in [1.29, 1.82) is 0 Å². The lowest BCUT2D eigenvalue weighted by Crippen LogP contribution is -1.86. The minimum absolute atomic E-state index is 1.28. The molecule has 8 aromatic rings. The lowest BCUT2D eigenvalue weighted by atomic mass is 10.0. The molecule has 0 unspecified atom stereocenters. The number of benzene rings is 8. The van der Waals surface area contributed by atoms with Gasteiger partial charge in [0.15, 0.2) is 0 Å². The maximum atomic E-state index is 2.22. The quantitative estimate of drug-likeness (QED) is 0.169. The van der Waals surface area contributed by atoms with Crippen molar-refractivity contribution in [1.82, 2.24) is 0 Å². The molecule has 0 N–H and O–H groups in total. The van der Waals surface area contributed by atoms with Crippen LogP contribution in [0.1, 0.15) is 50.1 Å². The van der Waals surface area contributed by atoms with Crippen molar-refractivity contribution in [2.75, 3.05) is 0 Å². The highest BCUT2D eigenvalue weighted by atomic mass is 14.0. The van der Waals surface area contributed by atoms with Crippen LogP contribution in [0.15, 0.2) is 200 Å². The van der Waals surface area contributed by atoms with E-state index in [0.717, 1.165) is 0 Å². The Morgan fingerprint density at radius 3 is 1.04 bits per heavy atom. The summed E-state index contributed by atoms with van der Waals surface area (Å²) in [7, 11) is 0. The second-order valence-corrected chi connectivity index (χ2v) is 14.8. The summed E-state index contributed by atoms with van der Waals surface area (Å²) in [6.45, 7) is 19.2. The molecular formula is C57H60. The highest BCUT2D eigenvalue weighted by Gasteiger charge is 1.99. The Hall–Kier alpha value is -6.24. The van der Waals surface area contributed by atoms with E-state index in [1.54, 1.807) is 0 Å². The van der Waals surface area contributed by atoms with E-state index in [1.807, 2.05) is 18.2 Å². The fourth-order valence-corrected chi connectivity index (χ4v) is 6.24. The topological polar surface area (TPSA) is 0 Å². The molecule has 288 valence electrons. The van der Waals surface area contributed by atoms with E-state index < -0.39 is 0 Å². The van der Waals surface area contributed by atoms with Gasteiger partial charge in [0.2, 0.25) is 0 Å². The molecule has 0 aliphatic rings. The molecule has 0 bridgehead atoms. The molecule has 0 fully saturated rings. The van der Waals surface area contributed by atoms with E-state index in [9.17, 15) is 0 Å². The first-order chi connectivity index (χ1) is 27.5. The Morgan fingerprint density at radius 1 is 0.211 bits per heavy atom. The van der Waals surface area contributed by atoms with Crippen molar-refractivity contribution in [3.8, 4) is 33.4 Å². The fourth-order valence-electron chi connectivity index (χ4n) is 6.24. The molecule has 57 heavy (non-hydrogen) atoms. The molecule has 0 aliphatic heterocycles. The molecule has 8 rings (SSSR count). The zero-order valence-electron chi connectivity index (χ0n) is 35.6. The Morgan fingerprint density at radius 2 is 0.579 bits per heavy atom. The van der Waals surface area contributed by atoms with Crippen LogP contribution >= 0.6 is 0 Å². The van der Waals surface area contributed by atoms with Gasteiger partial charge in [-0.1, -0.05) is 228 Å². The molecule has 0 heterocycles. The van der Waals surface area contributed by atoms with Gasteiger partial charge in [0.25, 0.3) is 0 Å². The van der Waals surface area contributed by atoms with Crippen molar-refractivity contribution in [2.24, 2.45) is 0 Å². The summed E-state index contributed by atoms with van der Waals surface area (Å²) in [6, 6.07) is 69.9. The lowest BCUT2D eigenvalue weighted by Gasteiger charge is -2.04. The molecule has 0 heteroatoms. The molecule has 0 nitrogen and oxygen atoms in total. The van der Waals surface area contributed by atoms with Crippen LogP contribution in [0.5, 0.6) is 0 Å². The van der Waals surface area contributed by atoms with Crippen LogP contribution in [0.25, 0.3) is 33.4 Å². The summed E-state index contributed by atoms with van der Waals surface area (Å²) in [5.41, 5.74) is 19.9. The summed E-state index contributed by atoms with van der Waals surface area (Å²) >= 11 is 0. The van der Waals surface area contributed by atoms with Gasteiger partial charge in [-0.3, -0.25) is 0 Å². The average Bonchev–Trinajstić information content (AvgIpc) is 3.23. The third-order valence-corrected chi connectivity index (χ3v) is 9.80. The molecule has 0 atom stereocenters. The maximum absolute atomic E-state index is 2.22. The molecule has 0 aliphatic carbocycles. The Bertz CT molecular complexity index is 2290. The number of hydrogen-bond acceptors (Lipinski definition) is 0. The van der Waals surface area contributed by atoms with Crippen LogP contribution in [0.2, 0.25) is 0 Å². The summed E-state index contributed by atoms with van der Waals surface area (Å²) in [5, 5.41) is 0. The zero-order chi connectivity index (χ0) is 41.0. The Balaban J connectivity index is 0.000000160. The first kappa shape index (κ1) is 43.5. The molecule has 0 radical (unpaired) electrons. The fraction of sp³-hybridized carbons (Fsp3) is 0.158. The standard InChI is InChI=1S/3C13H12.C10H14.C8H10/c1-11-7-5-6-10-13(11)12-8-3-2-4-9-12;1-11-6-5-9-13(10-11)12-7-3-2-4-8-12;1-11-7-9-13(10-8-11)12-5-3-2-4-6-12;1-7-5-8(2)10(4)9(3)6-7;1-7-3-5-8(2)6-4-7/h3*2-10H,1H3;5-6H,1-4H3;3-6H,1-2H3. The molecular weight excluding hydrogens is 685 g/mol. The van der Waals surface area contributed by atoms with Gasteiger partial charge in [-0.2, -0.15) is 0 Å². The molecule has 0 spiro atoms. The van der Waals surface area contributed by atoms with Gasteiger partial charge in [-0.05, 0) is 118 Å². The first-order valence-corrected chi connectivity index (χ1v) is 19.9. The van der Waals surface area contributed by atoms with E-state index in [1.165, 1.54) is 83.5 Å². The van der Waals surface area contributed by atoms with Crippen LogP contribution in [0.3, 0.4) is 0 Å². The normalized spacial score (nSPS) is 9.84. The van der Waals surface area contributed by atoms with Crippen LogP contribution in [-0.2, 0) is 0 Å². The average molecular weight is 745 g/mol. The molecule has 0 amide bonds. The van der Waals surface area contributed by atoms with Gasteiger partial charge in [0, 0.05) is 0 Å². The highest BCUT2D eigenvalue weighted by molar-refractivity contribution is 5.67. The Labute approximate surface area is 344 Å². The van der Waals surface area contributed by atoms with Gasteiger partial charge >= 0.3 is 0 Å². The SMILES string of the molecule is Cc1cc(C)c(C)c(C)c1.Cc1ccc(-c2ccccc2)cc1.Cc1ccc(C)cc1.Cc1cccc(-c2ccccc2)c1.Cc1ccccc1-c1ccccc1. The first-order valence-electron chi connectivity index (χ1n) is 19.9. The van der Waals surface area contributed by atoms with Crippen molar-refractivity contribution < 1.29 is 0 Å². The van der Waals surface area contributed by atoms with Gasteiger partial charge < -0.3 is 0 Å². The second kappa shape index (κ2) is 23.0. The highest BCUT2D eigenvalue weighted by Crippen LogP contribution is 2.23. The lowest BCUT2D eigenvalue weighted by molar-refractivity contribution is 1.23. The van der Waals surface area contributed by atoms with Crippen LogP contribution in [0.4, 0.5) is 0 Å². The van der Waals surface area contributed by atoms with Crippen molar-refractivity contribution in [3.05, 3.63) is 250 Å². The zero-order valence-corrected chi connectivity index (χ0v) is 35.6. The van der Waals surface area contributed by atoms with Crippen LogP contribution < -0.4 is 0 Å². The Kier molecular flexibility index (Phi) is 17.5. The van der Waals surface area contributed by atoms with E-state index in [-0.39, 0.29) is 0 Å². The third-order valence-electron chi connectivity index (χ3n) is 9.80. The van der Waals surface area contributed by atoms with Gasteiger partial charge in [0.05, 0.1) is 0 Å². The molecule has 8 aromatic carbocycles. The predicted octanol–water partition coefficient (Wildman–Crippen LogP) is 16.2. The van der Waals surface area contributed by atoms with Crippen molar-refractivity contribution >= 4 is 0 Å². The number of rotatable bonds is 3. The van der Waals surface area contributed by atoms with Crippen LogP contribution in [0, 0.1) is 62.3 Å². The van der Waals surface area contributed by atoms with Crippen molar-refractivity contribution in [3.63, 3.8) is 0 Å². The van der Waals surface area contributed by atoms with Crippen LogP contribution in [-0.4, -0.2) is 0 Å². The summed E-state index contributed by atoms with van der Waals surface area (Å²) in [4.78, 5) is 0. The molecule has 0 saturated heterocycles. The minimum atomic E-state index is 1.28. The smallest absolute Gasteiger partial charge is 0.0155 e. The number of hydrogen-bond donors (Lipinski definition) is 0. The summed E-state index contributed by atoms with van der Waals surface area (Å²) in [5.74, 6) is 0. The van der Waals surface area contributed by atoms with Gasteiger partial charge in [-0.25, -0.2) is 0 Å². The minimum Gasteiger partial charge on any atom is -0.0622 e. The predicted molar refractivity (Wildman–Crippen MR) is 251 cm³/mol. The summed E-state index contributed by atoms with van der Waals surface area (Å²) < 4.78 is 0. The summed E-state index contributed by atoms with van der Waals surface area (Å²) in [6.07, 6.45) is 0. The molecule has 0 saturated carbocycles.